The van der Waals surface area contributed by atoms with Crippen molar-refractivity contribution in [3.8, 4) is 0 Å². The van der Waals surface area contributed by atoms with Gasteiger partial charge in [-0.05, 0) is 12.1 Å². The standard InChI is InChI=1S/C13H16N4O2/c1-2-14-7-12-9-16(10-15-12)8-11-4-3-5-13(6-11)17(18)19/h3-6,9-10,14H,2,7-8H2,1H3. The third kappa shape index (κ3) is 3.62. The summed E-state index contributed by atoms with van der Waals surface area (Å²) in [5.41, 5.74) is 1.97. The summed E-state index contributed by atoms with van der Waals surface area (Å²) in [6.07, 6.45) is 3.69. The summed E-state index contributed by atoms with van der Waals surface area (Å²) >= 11 is 0. The van der Waals surface area contributed by atoms with E-state index in [0.29, 0.717) is 6.54 Å². The van der Waals surface area contributed by atoms with Crippen LogP contribution < -0.4 is 5.32 Å². The Labute approximate surface area is 111 Å². The fraction of sp³-hybridized carbons (Fsp3) is 0.308. The number of rotatable bonds is 6. The molecule has 0 unspecified atom stereocenters. The Morgan fingerprint density at radius 3 is 3.05 bits per heavy atom. The minimum atomic E-state index is -0.381. The second-order valence-corrected chi connectivity index (χ2v) is 4.24. The second kappa shape index (κ2) is 6.10. The van der Waals surface area contributed by atoms with E-state index < -0.39 is 0 Å². The van der Waals surface area contributed by atoms with Crippen molar-refractivity contribution < 1.29 is 4.92 Å². The minimum absolute atomic E-state index is 0.116. The highest BCUT2D eigenvalue weighted by Gasteiger charge is 2.06. The highest BCUT2D eigenvalue weighted by Crippen LogP contribution is 2.14. The van der Waals surface area contributed by atoms with Crippen LogP contribution >= 0.6 is 0 Å². The summed E-state index contributed by atoms with van der Waals surface area (Å²) in [6, 6.07) is 6.65. The van der Waals surface area contributed by atoms with Gasteiger partial charge >= 0.3 is 0 Å². The summed E-state index contributed by atoms with van der Waals surface area (Å²) < 4.78 is 1.92. The highest BCUT2D eigenvalue weighted by molar-refractivity contribution is 5.34. The topological polar surface area (TPSA) is 73.0 Å². The predicted molar refractivity (Wildman–Crippen MR) is 71.8 cm³/mol. The van der Waals surface area contributed by atoms with Gasteiger partial charge in [0.25, 0.3) is 5.69 Å². The normalized spacial score (nSPS) is 10.6. The van der Waals surface area contributed by atoms with Gasteiger partial charge in [0.15, 0.2) is 0 Å². The lowest BCUT2D eigenvalue weighted by Gasteiger charge is -2.02. The van der Waals surface area contributed by atoms with Crippen LogP contribution in [0.1, 0.15) is 18.2 Å². The average molecular weight is 260 g/mol. The van der Waals surface area contributed by atoms with Crippen molar-refractivity contribution in [3.63, 3.8) is 0 Å². The van der Waals surface area contributed by atoms with Crippen molar-refractivity contribution in [2.45, 2.75) is 20.0 Å². The molecule has 2 rings (SSSR count). The molecule has 0 bridgehead atoms. The number of nitro benzene ring substituents is 1. The van der Waals surface area contributed by atoms with E-state index in [0.717, 1.165) is 24.3 Å². The first kappa shape index (κ1) is 13.2. The fourth-order valence-corrected chi connectivity index (χ4v) is 1.82. The van der Waals surface area contributed by atoms with Crippen molar-refractivity contribution in [3.05, 3.63) is 58.2 Å². The second-order valence-electron chi connectivity index (χ2n) is 4.24. The lowest BCUT2D eigenvalue weighted by molar-refractivity contribution is -0.384. The molecule has 0 spiro atoms. The van der Waals surface area contributed by atoms with E-state index in [-0.39, 0.29) is 10.6 Å². The summed E-state index contributed by atoms with van der Waals surface area (Å²) in [4.78, 5) is 14.6. The van der Waals surface area contributed by atoms with Gasteiger partial charge in [-0.15, -0.1) is 0 Å². The van der Waals surface area contributed by atoms with Gasteiger partial charge in [0.2, 0.25) is 0 Å². The van der Waals surface area contributed by atoms with E-state index in [1.165, 1.54) is 6.07 Å². The van der Waals surface area contributed by atoms with E-state index in [1.807, 2.05) is 23.8 Å². The van der Waals surface area contributed by atoms with E-state index >= 15 is 0 Å². The van der Waals surface area contributed by atoms with Crippen LogP contribution in [0.2, 0.25) is 0 Å². The van der Waals surface area contributed by atoms with E-state index in [4.69, 9.17) is 0 Å². The van der Waals surface area contributed by atoms with Crippen LogP contribution in [0.15, 0.2) is 36.8 Å². The molecule has 0 saturated heterocycles. The molecule has 19 heavy (non-hydrogen) atoms. The molecule has 0 radical (unpaired) electrons. The molecule has 1 aromatic carbocycles. The maximum absolute atomic E-state index is 10.7. The van der Waals surface area contributed by atoms with Gasteiger partial charge < -0.3 is 9.88 Å². The van der Waals surface area contributed by atoms with Gasteiger partial charge in [0, 0.05) is 31.4 Å². The van der Waals surface area contributed by atoms with Crippen molar-refractivity contribution >= 4 is 5.69 Å². The predicted octanol–water partition coefficient (Wildman–Crippen LogP) is 1.95. The Morgan fingerprint density at radius 1 is 1.47 bits per heavy atom. The zero-order valence-corrected chi connectivity index (χ0v) is 10.7. The number of nitrogens with one attached hydrogen (secondary N) is 1. The zero-order valence-electron chi connectivity index (χ0n) is 10.7. The van der Waals surface area contributed by atoms with Crippen molar-refractivity contribution in [2.24, 2.45) is 0 Å². The van der Waals surface area contributed by atoms with Gasteiger partial charge in [-0.25, -0.2) is 4.98 Å². The molecule has 1 heterocycles. The summed E-state index contributed by atoms with van der Waals surface area (Å²) in [6.45, 7) is 4.26. The number of hydrogen-bond acceptors (Lipinski definition) is 4. The monoisotopic (exact) mass is 260 g/mol. The van der Waals surface area contributed by atoms with Gasteiger partial charge in [0.05, 0.1) is 16.9 Å². The van der Waals surface area contributed by atoms with E-state index in [2.05, 4.69) is 10.3 Å². The number of hydrogen-bond donors (Lipinski definition) is 1. The van der Waals surface area contributed by atoms with Crippen LogP contribution in [-0.2, 0) is 13.1 Å². The molecule has 6 heteroatoms. The molecule has 0 saturated carbocycles. The third-order valence-corrected chi connectivity index (χ3v) is 2.73. The molecule has 100 valence electrons. The van der Waals surface area contributed by atoms with Gasteiger partial charge in [-0.2, -0.15) is 0 Å². The van der Waals surface area contributed by atoms with Crippen LogP contribution in [0.4, 0.5) is 5.69 Å². The van der Waals surface area contributed by atoms with Crippen molar-refractivity contribution in [1.82, 2.24) is 14.9 Å². The van der Waals surface area contributed by atoms with E-state index in [9.17, 15) is 10.1 Å². The van der Waals surface area contributed by atoms with Crippen LogP contribution in [-0.4, -0.2) is 21.0 Å². The number of benzene rings is 1. The average Bonchev–Trinajstić information content (AvgIpc) is 2.84. The Balaban J connectivity index is 2.06. The number of imidazole rings is 1. The lowest BCUT2D eigenvalue weighted by Crippen LogP contribution is -2.11. The molecule has 0 fully saturated rings. The first-order chi connectivity index (χ1) is 9.19. The fourth-order valence-electron chi connectivity index (χ4n) is 1.82. The van der Waals surface area contributed by atoms with Crippen molar-refractivity contribution in [2.75, 3.05) is 6.54 Å². The summed E-state index contributed by atoms with van der Waals surface area (Å²) in [5.74, 6) is 0. The molecule has 1 N–H and O–H groups in total. The molecular formula is C13H16N4O2. The van der Waals surface area contributed by atoms with Crippen molar-refractivity contribution in [1.29, 1.82) is 0 Å². The quantitative estimate of drug-likeness (QED) is 0.636. The minimum Gasteiger partial charge on any atom is -0.333 e. The largest absolute Gasteiger partial charge is 0.333 e. The Bertz CT molecular complexity index is 565. The van der Waals surface area contributed by atoms with Gasteiger partial charge in [0.1, 0.15) is 0 Å². The number of aromatic nitrogens is 2. The number of nitrogens with zero attached hydrogens (tertiary/aromatic N) is 3. The molecule has 0 aliphatic rings. The van der Waals surface area contributed by atoms with Crippen LogP contribution in [0.3, 0.4) is 0 Å². The molecule has 0 atom stereocenters. The zero-order chi connectivity index (χ0) is 13.7. The lowest BCUT2D eigenvalue weighted by atomic mass is 10.2. The number of nitro groups is 1. The Morgan fingerprint density at radius 2 is 2.32 bits per heavy atom. The molecule has 0 aliphatic heterocycles. The molecular weight excluding hydrogens is 244 g/mol. The third-order valence-electron chi connectivity index (χ3n) is 2.73. The van der Waals surface area contributed by atoms with Crippen LogP contribution in [0.25, 0.3) is 0 Å². The SMILES string of the molecule is CCNCc1cn(Cc2cccc([N+](=O)[O-])c2)cn1. The Hall–Kier alpha value is -2.21. The first-order valence-electron chi connectivity index (χ1n) is 6.13. The number of non-ortho nitro benzene ring substituents is 1. The highest BCUT2D eigenvalue weighted by atomic mass is 16.6. The summed E-state index contributed by atoms with van der Waals surface area (Å²) in [7, 11) is 0. The molecule has 2 aromatic rings. The molecule has 1 aromatic heterocycles. The maximum Gasteiger partial charge on any atom is 0.269 e. The van der Waals surface area contributed by atoms with Gasteiger partial charge in [-0.1, -0.05) is 19.1 Å². The summed E-state index contributed by atoms with van der Waals surface area (Å²) in [5, 5.41) is 13.9. The van der Waals surface area contributed by atoms with Gasteiger partial charge in [-0.3, -0.25) is 10.1 Å². The van der Waals surface area contributed by atoms with E-state index in [1.54, 1.807) is 18.5 Å². The van der Waals surface area contributed by atoms with Crippen LogP contribution in [0, 0.1) is 10.1 Å². The molecule has 6 nitrogen and oxygen atoms in total. The first-order valence-corrected chi connectivity index (χ1v) is 6.13. The molecule has 0 aliphatic carbocycles. The maximum atomic E-state index is 10.7. The van der Waals surface area contributed by atoms with Crippen LogP contribution in [0.5, 0.6) is 0 Å². The smallest absolute Gasteiger partial charge is 0.269 e. The Kier molecular flexibility index (Phi) is 4.25. The molecule has 0 amide bonds.